The summed E-state index contributed by atoms with van der Waals surface area (Å²) in [6, 6.07) is 18.2. The van der Waals surface area contributed by atoms with Gasteiger partial charge < -0.3 is 15.1 Å². The Hall–Kier alpha value is -2.70. The lowest BCUT2D eigenvalue weighted by molar-refractivity contribution is -0.127. The van der Waals surface area contributed by atoms with Gasteiger partial charge in [0.05, 0.1) is 12.0 Å². The van der Waals surface area contributed by atoms with Crippen molar-refractivity contribution in [3.05, 3.63) is 65.7 Å². The minimum absolute atomic E-state index is 0.0279. The van der Waals surface area contributed by atoms with Crippen molar-refractivity contribution in [3.63, 3.8) is 0 Å². The van der Waals surface area contributed by atoms with Gasteiger partial charge in [-0.1, -0.05) is 62.4 Å². The van der Waals surface area contributed by atoms with Gasteiger partial charge in [0.15, 0.2) is 0 Å². The SMILES string of the molecule is CCC(C)c1ccccc1N1CC(C(=O)NC(CN2CCN(C)CC2)c2ccccc2)CC1=O. The summed E-state index contributed by atoms with van der Waals surface area (Å²) in [5, 5.41) is 3.30. The first-order valence-electron chi connectivity index (χ1n) is 12.6. The Morgan fingerprint density at radius 2 is 1.71 bits per heavy atom. The van der Waals surface area contributed by atoms with Crippen molar-refractivity contribution >= 4 is 17.5 Å². The molecule has 0 aromatic heterocycles. The van der Waals surface area contributed by atoms with Crippen molar-refractivity contribution in [3.8, 4) is 0 Å². The Kier molecular flexibility index (Phi) is 8.01. The average Bonchev–Trinajstić information content (AvgIpc) is 3.26. The molecule has 4 rings (SSSR count). The molecular weight excluding hydrogens is 424 g/mol. The van der Waals surface area contributed by atoms with Crippen LogP contribution in [-0.4, -0.2) is 67.9 Å². The molecule has 2 amide bonds. The zero-order valence-corrected chi connectivity index (χ0v) is 20.7. The lowest BCUT2D eigenvalue weighted by atomic mass is 9.96. The third kappa shape index (κ3) is 5.68. The van der Waals surface area contributed by atoms with Gasteiger partial charge in [-0.2, -0.15) is 0 Å². The number of hydrogen-bond donors (Lipinski definition) is 1. The highest BCUT2D eigenvalue weighted by Gasteiger charge is 2.37. The van der Waals surface area contributed by atoms with Crippen LogP contribution in [0.25, 0.3) is 0 Å². The molecule has 2 aromatic carbocycles. The standard InChI is InChI=1S/C28H38N4O2/c1-4-21(2)24-12-8-9-13-26(24)32-19-23(18-27(32)33)28(34)29-25(22-10-6-5-7-11-22)20-31-16-14-30(3)15-17-31/h5-13,21,23,25H,4,14-20H2,1-3H3,(H,29,34). The fourth-order valence-corrected chi connectivity index (χ4v) is 4.98. The third-order valence-electron chi connectivity index (χ3n) is 7.42. The molecule has 2 saturated heterocycles. The van der Waals surface area contributed by atoms with E-state index in [0.717, 1.165) is 50.4 Å². The van der Waals surface area contributed by atoms with Gasteiger partial charge >= 0.3 is 0 Å². The molecule has 6 nitrogen and oxygen atoms in total. The van der Waals surface area contributed by atoms with Crippen LogP contribution in [0, 0.1) is 5.92 Å². The van der Waals surface area contributed by atoms with Gasteiger partial charge in [0.1, 0.15) is 0 Å². The number of nitrogens with zero attached hydrogens (tertiary/aromatic N) is 3. The van der Waals surface area contributed by atoms with Crippen LogP contribution < -0.4 is 10.2 Å². The molecule has 34 heavy (non-hydrogen) atoms. The average molecular weight is 463 g/mol. The fourth-order valence-electron chi connectivity index (χ4n) is 4.98. The van der Waals surface area contributed by atoms with Crippen LogP contribution in [0.1, 0.15) is 49.8 Å². The van der Waals surface area contributed by atoms with Crippen LogP contribution >= 0.6 is 0 Å². The van der Waals surface area contributed by atoms with Gasteiger partial charge in [0.25, 0.3) is 0 Å². The molecular formula is C28H38N4O2. The van der Waals surface area contributed by atoms with E-state index in [9.17, 15) is 9.59 Å². The van der Waals surface area contributed by atoms with Crippen molar-refractivity contribution in [1.82, 2.24) is 15.1 Å². The normalized spacial score (nSPS) is 21.4. The molecule has 2 fully saturated rings. The van der Waals surface area contributed by atoms with E-state index < -0.39 is 0 Å². The van der Waals surface area contributed by atoms with Crippen molar-refractivity contribution < 1.29 is 9.59 Å². The Labute approximate surface area is 203 Å². The number of nitrogens with one attached hydrogen (secondary N) is 1. The second-order valence-electron chi connectivity index (χ2n) is 9.85. The molecule has 1 N–H and O–H groups in total. The first-order valence-corrected chi connectivity index (χ1v) is 12.6. The van der Waals surface area contributed by atoms with Crippen molar-refractivity contribution in [1.29, 1.82) is 0 Å². The molecule has 182 valence electrons. The molecule has 0 aliphatic carbocycles. The van der Waals surface area contributed by atoms with E-state index in [0.29, 0.717) is 12.5 Å². The Balaban J connectivity index is 1.47. The quantitative estimate of drug-likeness (QED) is 0.651. The van der Waals surface area contributed by atoms with E-state index in [-0.39, 0.29) is 30.2 Å². The van der Waals surface area contributed by atoms with Crippen LogP contribution in [0.4, 0.5) is 5.69 Å². The maximum atomic E-state index is 13.4. The summed E-state index contributed by atoms with van der Waals surface area (Å²) in [7, 11) is 2.15. The van der Waals surface area contributed by atoms with E-state index in [4.69, 9.17) is 0 Å². The number of hydrogen-bond acceptors (Lipinski definition) is 4. The van der Waals surface area contributed by atoms with Crippen LogP contribution in [0.2, 0.25) is 0 Å². The topological polar surface area (TPSA) is 55.9 Å². The second-order valence-corrected chi connectivity index (χ2v) is 9.85. The number of rotatable bonds is 8. The van der Waals surface area contributed by atoms with Crippen LogP contribution in [-0.2, 0) is 9.59 Å². The number of anilines is 1. The molecule has 0 bridgehead atoms. The number of amides is 2. The predicted octanol–water partition coefficient (Wildman–Crippen LogP) is 3.66. The lowest BCUT2D eigenvalue weighted by Crippen LogP contribution is -2.48. The molecule has 0 radical (unpaired) electrons. The van der Waals surface area contributed by atoms with Crippen molar-refractivity contribution in [2.24, 2.45) is 5.92 Å². The number of piperazine rings is 1. The highest BCUT2D eigenvalue weighted by atomic mass is 16.2. The minimum Gasteiger partial charge on any atom is -0.348 e. The van der Waals surface area contributed by atoms with Crippen molar-refractivity contribution in [2.45, 2.75) is 38.6 Å². The van der Waals surface area contributed by atoms with E-state index in [1.807, 2.05) is 41.3 Å². The summed E-state index contributed by atoms with van der Waals surface area (Å²) < 4.78 is 0. The molecule has 0 saturated carbocycles. The molecule has 2 aromatic rings. The van der Waals surface area contributed by atoms with Gasteiger partial charge in [-0.25, -0.2) is 0 Å². The van der Waals surface area contributed by atoms with Gasteiger partial charge in [-0.15, -0.1) is 0 Å². The summed E-state index contributed by atoms with van der Waals surface area (Å²) >= 11 is 0. The van der Waals surface area contributed by atoms with E-state index in [1.54, 1.807) is 0 Å². The number of likely N-dealkylation sites (N-methyl/N-ethyl adjacent to an activating group) is 1. The van der Waals surface area contributed by atoms with Crippen LogP contribution in [0.3, 0.4) is 0 Å². The molecule has 6 heteroatoms. The summed E-state index contributed by atoms with van der Waals surface area (Å²) in [5.41, 5.74) is 3.24. The zero-order chi connectivity index (χ0) is 24.1. The highest BCUT2D eigenvalue weighted by Crippen LogP contribution is 2.33. The molecule has 2 aliphatic heterocycles. The maximum absolute atomic E-state index is 13.4. The number of carbonyl (C=O) groups excluding carboxylic acids is 2. The van der Waals surface area contributed by atoms with Crippen molar-refractivity contribution in [2.75, 3.05) is 51.2 Å². The predicted molar refractivity (Wildman–Crippen MR) is 137 cm³/mol. The lowest BCUT2D eigenvalue weighted by Gasteiger charge is -2.35. The number of para-hydroxylation sites is 1. The first-order chi connectivity index (χ1) is 16.5. The van der Waals surface area contributed by atoms with Gasteiger partial charge in [0, 0.05) is 51.4 Å². The molecule has 2 aliphatic rings. The Morgan fingerprint density at radius 1 is 1.03 bits per heavy atom. The highest BCUT2D eigenvalue weighted by molar-refractivity contribution is 6.01. The van der Waals surface area contributed by atoms with Crippen LogP contribution in [0.5, 0.6) is 0 Å². The smallest absolute Gasteiger partial charge is 0.227 e. The second kappa shape index (κ2) is 11.2. The fraction of sp³-hybridized carbons (Fsp3) is 0.500. The minimum atomic E-state index is -0.337. The van der Waals surface area contributed by atoms with E-state index in [2.05, 4.69) is 54.2 Å². The van der Waals surface area contributed by atoms with Crippen LogP contribution in [0.15, 0.2) is 54.6 Å². The molecule has 2 heterocycles. The van der Waals surface area contributed by atoms with Gasteiger partial charge in [0.2, 0.25) is 11.8 Å². The number of benzene rings is 2. The molecule has 3 unspecified atom stereocenters. The van der Waals surface area contributed by atoms with Gasteiger partial charge in [-0.3, -0.25) is 14.5 Å². The zero-order valence-electron chi connectivity index (χ0n) is 20.7. The monoisotopic (exact) mass is 462 g/mol. The Bertz CT molecular complexity index is 971. The Morgan fingerprint density at radius 3 is 2.41 bits per heavy atom. The molecule has 3 atom stereocenters. The summed E-state index contributed by atoms with van der Waals surface area (Å²) in [5.74, 6) is 0.0326. The largest absolute Gasteiger partial charge is 0.348 e. The maximum Gasteiger partial charge on any atom is 0.227 e. The van der Waals surface area contributed by atoms with E-state index >= 15 is 0 Å². The van der Waals surface area contributed by atoms with E-state index in [1.165, 1.54) is 5.56 Å². The summed E-state index contributed by atoms with van der Waals surface area (Å²) in [6.45, 7) is 9.64. The first kappa shape index (κ1) is 24.4. The summed E-state index contributed by atoms with van der Waals surface area (Å²) in [4.78, 5) is 33.0. The summed E-state index contributed by atoms with van der Waals surface area (Å²) in [6.07, 6.45) is 1.27. The molecule has 0 spiro atoms. The number of carbonyl (C=O) groups is 2. The third-order valence-corrected chi connectivity index (χ3v) is 7.42. The van der Waals surface area contributed by atoms with Gasteiger partial charge in [-0.05, 0) is 36.6 Å².